The number of hydrogen-bond acceptors (Lipinski definition) is 5. The smallest absolute Gasteiger partial charge is 0.339 e. The van der Waals surface area contributed by atoms with Crippen LogP contribution in [0.1, 0.15) is 55.0 Å². The molecule has 0 aliphatic carbocycles. The maximum Gasteiger partial charge on any atom is 0.339 e. The third-order valence-corrected chi connectivity index (χ3v) is 4.87. The second-order valence-corrected chi connectivity index (χ2v) is 8.31. The Hall–Kier alpha value is -3.19. The minimum atomic E-state index is -0.655. The molecule has 0 amide bonds. The number of nitrogens with zero attached hydrogens (tertiary/aromatic N) is 2. The molecule has 1 heterocycles. The number of carbonyl (C=O) groups excluding carboxylic acids is 1. The van der Waals surface area contributed by atoms with E-state index in [1.165, 1.54) is 6.07 Å². The SMILES string of the molecule is CCc1nc(O)n(Cc2ccc(-c3ccccc3C(=O)OC(C)(C)C)c(F)c2)c1CN. The van der Waals surface area contributed by atoms with Gasteiger partial charge in [0, 0.05) is 12.1 Å². The lowest BCUT2D eigenvalue weighted by Gasteiger charge is -2.20. The average Bonchev–Trinajstić information content (AvgIpc) is 3.01. The molecule has 0 aliphatic heterocycles. The summed E-state index contributed by atoms with van der Waals surface area (Å²) in [4.78, 5) is 16.8. The van der Waals surface area contributed by atoms with Crippen LogP contribution in [-0.2, 0) is 24.2 Å². The minimum Gasteiger partial charge on any atom is -0.480 e. The summed E-state index contributed by atoms with van der Waals surface area (Å²) in [6, 6.07) is 11.4. The van der Waals surface area contributed by atoms with E-state index in [-0.39, 0.29) is 19.1 Å². The number of carbonyl (C=O) groups is 1. The van der Waals surface area contributed by atoms with Crippen molar-refractivity contribution < 1.29 is 19.0 Å². The van der Waals surface area contributed by atoms with Crippen LogP contribution < -0.4 is 5.73 Å². The van der Waals surface area contributed by atoms with E-state index in [4.69, 9.17) is 10.5 Å². The van der Waals surface area contributed by atoms with Gasteiger partial charge in [-0.05, 0) is 50.5 Å². The zero-order chi connectivity index (χ0) is 22.8. The second kappa shape index (κ2) is 8.89. The highest BCUT2D eigenvalue weighted by Gasteiger charge is 2.22. The first kappa shape index (κ1) is 22.5. The summed E-state index contributed by atoms with van der Waals surface area (Å²) in [6.45, 7) is 7.74. The van der Waals surface area contributed by atoms with Gasteiger partial charge in [-0.1, -0.05) is 37.3 Å². The summed E-state index contributed by atoms with van der Waals surface area (Å²) in [5.74, 6) is -0.979. The zero-order valence-corrected chi connectivity index (χ0v) is 18.3. The number of ether oxygens (including phenoxy) is 1. The number of nitrogens with two attached hydrogens (primary N) is 1. The summed E-state index contributed by atoms with van der Waals surface area (Å²) in [5.41, 5.74) is 8.31. The third-order valence-electron chi connectivity index (χ3n) is 4.87. The van der Waals surface area contributed by atoms with Crippen LogP contribution in [0.4, 0.5) is 4.39 Å². The predicted octanol–water partition coefficient (Wildman–Crippen LogP) is 4.42. The number of hydrogen-bond donors (Lipinski definition) is 2. The van der Waals surface area contributed by atoms with Crippen molar-refractivity contribution in [2.45, 2.75) is 52.8 Å². The highest BCUT2D eigenvalue weighted by atomic mass is 19.1. The molecule has 0 saturated carbocycles. The van der Waals surface area contributed by atoms with E-state index in [1.807, 2.05) is 6.92 Å². The molecule has 0 unspecified atom stereocenters. The number of esters is 1. The van der Waals surface area contributed by atoms with Gasteiger partial charge in [-0.25, -0.2) is 14.2 Å². The van der Waals surface area contributed by atoms with Gasteiger partial charge < -0.3 is 15.6 Å². The van der Waals surface area contributed by atoms with Crippen molar-refractivity contribution in [3.05, 3.63) is 70.8 Å². The molecular weight excluding hydrogens is 397 g/mol. The maximum absolute atomic E-state index is 15.1. The van der Waals surface area contributed by atoms with Crippen molar-refractivity contribution in [1.29, 1.82) is 0 Å². The standard InChI is InChI=1S/C24H28FN3O3/c1-5-20-21(13-26)28(23(30)27-20)14-15-10-11-17(19(25)12-15)16-8-6-7-9-18(16)22(29)31-24(2,3)4/h6-12H,5,13-14,26H2,1-4H3,(H,27,30). The van der Waals surface area contributed by atoms with Crippen LogP contribution in [0, 0.1) is 5.82 Å². The summed E-state index contributed by atoms with van der Waals surface area (Å²) in [6.07, 6.45) is 0.641. The van der Waals surface area contributed by atoms with Crippen molar-refractivity contribution in [3.63, 3.8) is 0 Å². The largest absolute Gasteiger partial charge is 0.480 e. The Labute approximate surface area is 181 Å². The van der Waals surface area contributed by atoms with E-state index in [2.05, 4.69) is 4.98 Å². The molecule has 3 rings (SSSR count). The van der Waals surface area contributed by atoms with E-state index in [0.29, 0.717) is 28.7 Å². The maximum atomic E-state index is 15.1. The lowest BCUT2D eigenvalue weighted by atomic mass is 9.97. The normalized spacial score (nSPS) is 11.5. The van der Waals surface area contributed by atoms with E-state index in [1.54, 1.807) is 61.7 Å². The molecular formula is C24H28FN3O3. The zero-order valence-electron chi connectivity index (χ0n) is 18.3. The first-order valence-electron chi connectivity index (χ1n) is 10.2. The van der Waals surface area contributed by atoms with Crippen molar-refractivity contribution in [2.75, 3.05) is 0 Å². The fourth-order valence-electron chi connectivity index (χ4n) is 3.49. The topological polar surface area (TPSA) is 90.4 Å². The van der Waals surface area contributed by atoms with Crippen LogP contribution in [0.3, 0.4) is 0 Å². The lowest BCUT2D eigenvalue weighted by molar-refractivity contribution is 0.00704. The van der Waals surface area contributed by atoms with Crippen LogP contribution in [0.2, 0.25) is 0 Å². The summed E-state index contributed by atoms with van der Waals surface area (Å²) < 4.78 is 22.2. The van der Waals surface area contributed by atoms with E-state index in [0.717, 1.165) is 11.4 Å². The molecule has 0 spiro atoms. The number of benzene rings is 2. The molecule has 2 aromatic carbocycles. The van der Waals surface area contributed by atoms with Gasteiger partial charge in [0.2, 0.25) is 0 Å². The number of imidazole rings is 1. The monoisotopic (exact) mass is 425 g/mol. The summed E-state index contributed by atoms with van der Waals surface area (Å²) in [5, 5.41) is 10.2. The lowest BCUT2D eigenvalue weighted by Crippen LogP contribution is -2.24. The number of rotatable bonds is 6. The number of aryl methyl sites for hydroxylation is 1. The average molecular weight is 426 g/mol. The third kappa shape index (κ3) is 4.94. The fraction of sp³-hybridized carbons (Fsp3) is 0.333. The van der Waals surface area contributed by atoms with E-state index >= 15 is 4.39 Å². The molecule has 0 saturated heterocycles. The molecule has 7 heteroatoms. The van der Waals surface area contributed by atoms with E-state index < -0.39 is 17.4 Å². The van der Waals surface area contributed by atoms with Gasteiger partial charge in [-0.3, -0.25) is 4.57 Å². The van der Waals surface area contributed by atoms with Crippen molar-refractivity contribution in [3.8, 4) is 17.1 Å². The van der Waals surface area contributed by atoms with Crippen molar-refractivity contribution >= 4 is 5.97 Å². The van der Waals surface area contributed by atoms with Gasteiger partial charge in [0.15, 0.2) is 0 Å². The van der Waals surface area contributed by atoms with Gasteiger partial charge in [0.05, 0.1) is 23.5 Å². The van der Waals surface area contributed by atoms with Gasteiger partial charge in [0.1, 0.15) is 11.4 Å². The predicted molar refractivity (Wildman–Crippen MR) is 117 cm³/mol. The van der Waals surface area contributed by atoms with Crippen LogP contribution in [0.5, 0.6) is 6.01 Å². The van der Waals surface area contributed by atoms with Crippen molar-refractivity contribution in [1.82, 2.24) is 9.55 Å². The molecule has 0 fully saturated rings. The van der Waals surface area contributed by atoms with Gasteiger partial charge >= 0.3 is 5.97 Å². The summed E-state index contributed by atoms with van der Waals surface area (Å²) >= 11 is 0. The number of aromatic nitrogens is 2. The Bertz CT molecular complexity index is 1100. The Morgan fingerprint density at radius 2 is 1.90 bits per heavy atom. The molecule has 3 aromatic rings. The van der Waals surface area contributed by atoms with E-state index in [9.17, 15) is 9.90 Å². The molecule has 6 nitrogen and oxygen atoms in total. The van der Waals surface area contributed by atoms with Gasteiger partial charge in [0.25, 0.3) is 6.01 Å². The summed E-state index contributed by atoms with van der Waals surface area (Å²) in [7, 11) is 0. The molecule has 0 bridgehead atoms. The molecule has 0 aliphatic rings. The minimum absolute atomic E-state index is 0.142. The van der Waals surface area contributed by atoms with Crippen LogP contribution in [-0.4, -0.2) is 26.2 Å². The molecule has 0 atom stereocenters. The second-order valence-electron chi connectivity index (χ2n) is 8.31. The fourth-order valence-corrected chi connectivity index (χ4v) is 3.49. The van der Waals surface area contributed by atoms with Gasteiger partial charge in [-0.15, -0.1) is 0 Å². The number of halogens is 1. The Morgan fingerprint density at radius 1 is 1.19 bits per heavy atom. The van der Waals surface area contributed by atoms with Crippen molar-refractivity contribution in [2.24, 2.45) is 5.73 Å². The molecule has 164 valence electrons. The molecule has 1 aromatic heterocycles. The Morgan fingerprint density at radius 3 is 2.52 bits per heavy atom. The quantitative estimate of drug-likeness (QED) is 0.571. The van der Waals surface area contributed by atoms with Crippen LogP contribution in [0.15, 0.2) is 42.5 Å². The van der Waals surface area contributed by atoms with Crippen LogP contribution >= 0.6 is 0 Å². The molecule has 0 radical (unpaired) electrons. The van der Waals surface area contributed by atoms with Gasteiger partial charge in [-0.2, -0.15) is 0 Å². The first-order chi connectivity index (χ1) is 14.6. The highest BCUT2D eigenvalue weighted by molar-refractivity contribution is 5.97. The van der Waals surface area contributed by atoms with Crippen LogP contribution in [0.25, 0.3) is 11.1 Å². The Balaban J connectivity index is 1.95. The Kier molecular flexibility index (Phi) is 6.45. The highest BCUT2D eigenvalue weighted by Crippen LogP contribution is 2.29. The molecule has 3 N–H and O–H groups in total. The number of aromatic hydroxyl groups is 1. The first-order valence-corrected chi connectivity index (χ1v) is 10.2. The molecule has 31 heavy (non-hydrogen) atoms.